The number of hydrogen-bond acceptors (Lipinski definition) is 4. The first-order chi connectivity index (χ1) is 13.7. The maximum Gasteiger partial charge on any atom is 0.251 e. The zero-order valence-corrected chi connectivity index (χ0v) is 15.7. The van der Waals surface area contributed by atoms with Crippen LogP contribution in [0.1, 0.15) is 13.3 Å². The van der Waals surface area contributed by atoms with Crippen LogP contribution in [-0.4, -0.2) is 30.9 Å². The van der Waals surface area contributed by atoms with Crippen molar-refractivity contribution in [1.82, 2.24) is 5.32 Å². The Bertz CT molecular complexity index is 956. The predicted octanol–water partition coefficient (Wildman–Crippen LogP) is 3.49. The van der Waals surface area contributed by atoms with Gasteiger partial charge in [-0.2, -0.15) is 0 Å². The normalized spacial score (nSPS) is 18.5. The first-order valence-corrected chi connectivity index (χ1v) is 9.49. The molecular weight excluding hydrogens is 352 g/mol. The Hall–Kier alpha value is -3.34. The minimum absolute atomic E-state index is 0.0156. The van der Waals surface area contributed by atoms with Gasteiger partial charge in [0.2, 0.25) is 0 Å². The van der Waals surface area contributed by atoms with E-state index in [-0.39, 0.29) is 17.7 Å². The monoisotopic (exact) mass is 374 g/mol. The lowest BCUT2D eigenvalue weighted by Gasteiger charge is -2.16. The van der Waals surface area contributed by atoms with Crippen LogP contribution in [0.15, 0.2) is 71.8 Å². The Morgan fingerprint density at radius 1 is 1.04 bits per heavy atom. The van der Waals surface area contributed by atoms with E-state index < -0.39 is 0 Å². The lowest BCUT2D eigenvalue weighted by molar-refractivity contribution is -0.117. The average molecular weight is 374 g/mol. The maximum atomic E-state index is 12.4. The van der Waals surface area contributed by atoms with Crippen LogP contribution >= 0.6 is 0 Å². The summed E-state index contributed by atoms with van der Waals surface area (Å²) in [5.41, 5.74) is 4.14. The van der Waals surface area contributed by atoms with Crippen molar-refractivity contribution in [3.05, 3.63) is 71.8 Å². The zero-order valence-electron chi connectivity index (χ0n) is 15.7. The van der Waals surface area contributed by atoms with Gasteiger partial charge in [-0.05, 0) is 42.3 Å². The molecule has 0 spiro atoms. The highest BCUT2D eigenvalue weighted by Crippen LogP contribution is 2.28. The molecule has 1 amide bonds. The quantitative estimate of drug-likeness (QED) is 0.841. The Morgan fingerprint density at radius 2 is 1.71 bits per heavy atom. The summed E-state index contributed by atoms with van der Waals surface area (Å²) in [6.45, 7) is 3.01. The highest BCUT2D eigenvalue weighted by molar-refractivity contribution is 6.11. The number of amides is 1. The van der Waals surface area contributed by atoms with E-state index in [2.05, 4.69) is 10.6 Å². The summed E-state index contributed by atoms with van der Waals surface area (Å²) in [6.07, 6.45) is 3.94. The highest BCUT2D eigenvalue weighted by Gasteiger charge is 2.31. The van der Waals surface area contributed by atoms with Crippen molar-refractivity contribution in [3.63, 3.8) is 0 Å². The number of anilines is 1. The van der Waals surface area contributed by atoms with E-state index >= 15 is 0 Å². The summed E-state index contributed by atoms with van der Waals surface area (Å²) in [5.74, 6) is 0.702. The fraction of sp³-hybridized carbons (Fsp3) is 0.217. The van der Waals surface area contributed by atoms with E-state index in [1.54, 1.807) is 6.08 Å². The van der Waals surface area contributed by atoms with Crippen LogP contribution in [0.3, 0.4) is 0 Å². The van der Waals surface area contributed by atoms with E-state index in [1.807, 2.05) is 61.5 Å². The topological polar surface area (TPSA) is 67.4 Å². The van der Waals surface area contributed by atoms with Crippen LogP contribution in [-0.2, 0) is 9.59 Å². The number of hydrogen-bond donors (Lipinski definition) is 2. The van der Waals surface area contributed by atoms with E-state index in [0.29, 0.717) is 30.7 Å². The Labute approximate surface area is 164 Å². The largest absolute Gasteiger partial charge is 0.494 e. The van der Waals surface area contributed by atoms with E-state index in [0.717, 1.165) is 22.6 Å². The third-order valence-electron chi connectivity index (χ3n) is 4.94. The molecule has 1 aliphatic heterocycles. The second-order valence-corrected chi connectivity index (χ2v) is 6.77. The summed E-state index contributed by atoms with van der Waals surface area (Å²) >= 11 is 0. The minimum atomic E-state index is -0.275. The number of ketones is 1. The summed E-state index contributed by atoms with van der Waals surface area (Å²) in [6, 6.07) is 15.8. The van der Waals surface area contributed by atoms with Crippen molar-refractivity contribution in [2.24, 2.45) is 0 Å². The number of carbonyl (C=O) groups is 2. The fourth-order valence-corrected chi connectivity index (χ4v) is 3.56. The zero-order chi connectivity index (χ0) is 19.5. The molecule has 4 rings (SSSR count). The van der Waals surface area contributed by atoms with Gasteiger partial charge < -0.3 is 15.4 Å². The van der Waals surface area contributed by atoms with Crippen molar-refractivity contribution < 1.29 is 14.3 Å². The third kappa shape index (κ3) is 3.56. The van der Waals surface area contributed by atoms with Gasteiger partial charge in [0, 0.05) is 29.8 Å². The standard InChI is InChI=1S/C23H22N2O3/c1-2-28-18-9-5-16(6-10-18)15-3-7-17(8-4-15)25-20-12-11-19-22(20)21(26)13-14-24-23(19)27/h3-12,20,25H,2,13-14H2,1H3,(H,24,27). The molecule has 5 nitrogen and oxygen atoms in total. The second kappa shape index (κ2) is 7.72. The molecule has 0 bridgehead atoms. The van der Waals surface area contributed by atoms with E-state index in [9.17, 15) is 9.59 Å². The van der Waals surface area contributed by atoms with Gasteiger partial charge in [0.25, 0.3) is 5.91 Å². The van der Waals surface area contributed by atoms with Gasteiger partial charge in [-0.3, -0.25) is 9.59 Å². The van der Waals surface area contributed by atoms with Crippen LogP contribution in [0.2, 0.25) is 0 Å². The summed E-state index contributed by atoms with van der Waals surface area (Å²) in [7, 11) is 0. The fourth-order valence-electron chi connectivity index (χ4n) is 3.56. The molecule has 1 atom stereocenters. The van der Waals surface area contributed by atoms with Crippen LogP contribution in [0.25, 0.3) is 11.1 Å². The SMILES string of the molecule is CCOc1ccc(-c2ccc(NC3C=CC4=C3C(=O)CCNC4=O)cc2)cc1. The Balaban J connectivity index is 1.50. The van der Waals surface area contributed by atoms with E-state index in [4.69, 9.17) is 4.74 Å². The average Bonchev–Trinajstić information content (AvgIpc) is 3.07. The molecule has 28 heavy (non-hydrogen) atoms. The van der Waals surface area contributed by atoms with Crippen LogP contribution < -0.4 is 15.4 Å². The molecule has 0 aromatic heterocycles. The number of carbonyl (C=O) groups excluding carboxylic acids is 2. The van der Waals surface area contributed by atoms with Gasteiger partial charge in [0.05, 0.1) is 12.6 Å². The van der Waals surface area contributed by atoms with E-state index in [1.165, 1.54) is 0 Å². The summed E-state index contributed by atoms with van der Waals surface area (Å²) < 4.78 is 5.48. The summed E-state index contributed by atoms with van der Waals surface area (Å²) in [5, 5.41) is 6.12. The molecule has 2 N–H and O–H groups in total. The number of ether oxygens (including phenoxy) is 1. The van der Waals surface area contributed by atoms with Crippen molar-refractivity contribution in [2.75, 3.05) is 18.5 Å². The van der Waals surface area contributed by atoms with Gasteiger partial charge in [0.15, 0.2) is 5.78 Å². The lowest BCUT2D eigenvalue weighted by Crippen LogP contribution is -2.23. The summed E-state index contributed by atoms with van der Waals surface area (Å²) in [4.78, 5) is 24.5. The Kier molecular flexibility index (Phi) is 4.98. The number of rotatable bonds is 5. The minimum Gasteiger partial charge on any atom is -0.494 e. The van der Waals surface area contributed by atoms with Crippen molar-refractivity contribution >= 4 is 17.4 Å². The molecule has 0 fully saturated rings. The lowest BCUT2D eigenvalue weighted by atomic mass is 10.0. The molecule has 1 unspecified atom stereocenters. The van der Waals surface area contributed by atoms with Crippen molar-refractivity contribution in [3.8, 4) is 16.9 Å². The second-order valence-electron chi connectivity index (χ2n) is 6.77. The maximum absolute atomic E-state index is 12.4. The Morgan fingerprint density at radius 3 is 2.39 bits per heavy atom. The van der Waals surface area contributed by atoms with Gasteiger partial charge in [0.1, 0.15) is 5.75 Å². The molecule has 1 heterocycles. The smallest absolute Gasteiger partial charge is 0.251 e. The first kappa shape index (κ1) is 18.0. The molecule has 2 aliphatic rings. The molecule has 1 aliphatic carbocycles. The molecule has 5 heteroatoms. The number of benzene rings is 2. The van der Waals surface area contributed by atoms with Gasteiger partial charge in [-0.1, -0.05) is 36.4 Å². The van der Waals surface area contributed by atoms with Crippen LogP contribution in [0.5, 0.6) is 5.75 Å². The van der Waals surface area contributed by atoms with Crippen molar-refractivity contribution in [1.29, 1.82) is 0 Å². The first-order valence-electron chi connectivity index (χ1n) is 9.49. The number of nitrogens with one attached hydrogen (secondary N) is 2. The predicted molar refractivity (Wildman–Crippen MR) is 109 cm³/mol. The molecule has 142 valence electrons. The van der Waals surface area contributed by atoms with Gasteiger partial charge in [-0.15, -0.1) is 0 Å². The molecule has 2 aromatic carbocycles. The molecule has 2 aromatic rings. The van der Waals surface area contributed by atoms with Gasteiger partial charge in [-0.25, -0.2) is 0 Å². The molecular formula is C23H22N2O3. The highest BCUT2D eigenvalue weighted by atomic mass is 16.5. The molecule has 0 radical (unpaired) electrons. The number of Topliss-reactive ketones (excluding diaryl/α,β-unsaturated/α-hetero) is 1. The molecule has 0 saturated carbocycles. The van der Waals surface area contributed by atoms with Crippen molar-refractivity contribution in [2.45, 2.75) is 19.4 Å². The third-order valence-corrected chi connectivity index (χ3v) is 4.94. The van der Waals surface area contributed by atoms with Crippen LogP contribution in [0, 0.1) is 0 Å². The van der Waals surface area contributed by atoms with Crippen LogP contribution in [0.4, 0.5) is 5.69 Å². The van der Waals surface area contributed by atoms with Gasteiger partial charge >= 0.3 is 0 Å². The molecule has 0 saturated heterocycles.